The average molecular weight is 315 g/mol. The predicted molar refractivity (Wildman–Crippen MR) is 73.1 cm³/mol. The third-order valence-electron chi connectivity index (χ3n) is 2.90. The second-order valence-corrected chi connectivity index (χ2v) is 5.46. The maximum absolute atomic E-state index is 13.2. The van der Waals surface area contributed by atoms with E-state index >= 15 is 0 Å². The van der Waals surface area contributed by atoms with Gasteiger partial charge in [-0.15, -0.1) is 0 Å². The van der Waals surface area contributed by atoms with Gasteiger partial charge in [0.15, 0.2) is 0 Å². The van der Waals surface area contributed by atoms with Crippen LogP contribution in [0, 0.1) is 12.7 Å². The molecule has 1 amide bonds. The molecular formula is C13H16BrFN2O. The minimum absolute atomic E-state index is 0.0511. The van der Waals surface area contributed by atoms with Gasteiger partial charge in [-0.1, -0.05) is 0 Å². The largest absolute Gasteiger partial charge is 0.326 e. The lowest BCUT2D eigenvalue weighted by Gasteiger charge is -2.10. The van der Waals surface area contributed by atoms with E-state index in [4.69, 9.17) is 0 Å². The minimum atomic E-state index is -0.319. The number of rotatable bonds is 5. The molecule has 0 unspecified atom stereocenters. The normalized spacial score (nSPS) is 14.6. The highest BCUT2D eigenvalue weighted by Gasteiger charge is 2.20. The lowest BCUT2D eigenvalue weighted by molar-refractivity contribution is -0.116. The Morgan fingerprint density at radius 2 is 2.22 bits per heavy atom. The maximum atomic E-state index is 13.2. The molecule has 1 fully saturated rings. The van der Waals surface area contributed by atoms with Crippen molar-refractivity contribution in [2.75, 3.05) is 11.9 Å². The predicted octanol–water partition coefficient (Wildman–Crippen LogP) is 2.98. The van der Waals surface area contributed by atoms with Gasteiger partial charge in [0, 0.05) is 24.7 Å². The fourth-order valence-corrected chi connectivity index (χ4v) is 2.01. The van der Waals surface area contributed by atoms with Gasteiger partial charge in [-0.3, -0.25) is 4.79 Å². The molecule has 1 aliphatic carbocycles. The Morgan fingerprint density at radius 1 is 1.50 bits per heavy atom. The van der Waals surface area contributed by atoms with Crippen molar-refractivity contribution in [3.63, 3.8) is 0 Å². The van der Waals surface area contributed by atoms with E-state index in [0.29, 0.717) is 29.2 Å². The van der Waals surface area contributed by atoms with Gasteiger partial charge in [-0.25, -0.2) is 4.39 Å². The molecule has 5 heteroatoms. The molecule has 0 aromatic heterocycles. The van der Waals surface area contributed by atoms with Crippen molar-refractivity contribution < 1.29 is 9.18 Å². The highest BCUT2D eigenvalue weighted by Crippen LogP contribution is 2.24. The van der Waals surface area contributed by atoms with Crippen LogP contribution in [-0.4, -0.2) is 18.5 Å². The van der Waals surface area contributed by atoms with Crippen LogP contribution in [0.1, 0.15) is 24.8 Å². The average Bonchev–Trinajstić information content (AvgIpc) is 3.10. The molecule has 2 N–H and O–H groups in total. The molecule has 1 aromatic carbocycles. The molecule has 0 aliphatic heterocycles. The molecule has 0 radical (unpaired) electrons. The van der Waals surface area contributed by atoms with Gasteiger partial charge in [0.05, 0.1) is 4.47 Å². The number of hydrogen-bond acceptors (Lipinski definition) is 2. The number of benzene rings is 1. The Bertz CT molecular complexity index is 461. The van der Waals surface area contributed by atoms with E-state index < -0.39 is 0 Å². The number of halogens is 2. The van der Waals surface area contributed by atoms with E-state index in [2.05, 4.69) is 26.6 Å². The number of carbonyl (C=O) groups is 1. The van der Waals surface area contributed by atoms with Crippen LogP contribution in [0.2, 0.25) is 0 Å². The van der Waals surface area contributed by atoms with Crippen molar-refractivity contribution in [1.82, 2.24) is 5.32 Å². The lowest BCUT2D eigenvalue weighted by atomic mass is 10.2. The molecular weight excluding hydrogens is 299 g/mol. The summed E-state index contributed by atoms with van der Waals surface area (Å²) >= 11 is 3.11. The summed E-state index contributed by atoms with van der Waals surface area (Å²) in [5.41, 5.74) is 1.37. The summed E-state index contributed by atoms with van der Waals surface area (Å²) in [7, 11) is 0. The number of aryl methyl sites for hydroxylation is 1. The second-order valence-electron chi connectivity index (χ2n) is 4.61. The molecule has 0 saturated heterocycles. The van der Waals surface area contributed by atoms with Crippen molar-refractivity contribution in [3.8, 4) is 0 Å². The fourth-order valence-electron chi connectivity index (χ4n) is 1.67. The third kappa shape index (κ3) is 3.78. The van der Waals surface area contributed by atoms with Crippen LogP contribution in [0.15, 0.2) is 16.6 Å². The molecule has 1 saturated carbocycles. The van der Waals surface area contributed by atoms with Crippen molar-refractivity contribution in [2.45, 2.75) is 32.2 Å². The van der Waals surface area contributed by atoms with Crippen molar-refractivity contribution in [2.24, 2.45) is 0 Å². The molecule has 0 heterocycles. The summed E-state index contributed by atoms with van der Waals surface area (Å²) in [5.74, 6) is -0.370. The first-order chi connectivity index (χ1) is 8.56. The van der Waals surface area contributed by atoms with Crippen LogP contribution >= 0.6 is 15.9 Å². The first kappa shape index (κ1) is 13.5. The van der Waals surface area contributed by atoms with E-state index in [1.807, 2.05) is 0 Å². The Hall–Kier alpha value is -0.940. The van der Waals surface area contributed by atoms with E-state index in [1.165, 1.54) is 18.9 Å². The van der Waals surface area contributed by atoms with E-state index in [9.17, 15) is 9.18 Å². The van der Waals surface area contributed by atoms with Gasteiger partial charge in [-0.05, 0) is 53.4 Å². The number of amides is 1. The van der Waals surface area contributed by atoms with Crippen LogP contribution in [0.25, 0.3) is 0 Å². The molecule has 3 nitrogen and oxygen atoms in total. The van der Waals surface area contributed by atoms with Crippen LogP contribution < -0.4 is 10.6 Å². The maximum Gasteiger partial charge on any atom is 0.225 e. The summed E-state index contributed by atoms with van der Waals surface area (Å²) in [6.45, 7) is 2.46. The zero-order chi connectivity index (χ0) is 13.1. The monoisotopic (exact) mass is 314 g/mol. The molecule has 2 rings (SSSR count). The van der Waals surface area contributed by atoms with Gasteiger partial charge in [0.2, 0.25) is 5.91 Å². The van der Waals surface area contributed by atoms with Crippen molar-refractivity contribution in [3.05, 3.63) is 28.0 Å². The summed E-state index contributed by atoms with van der Waals surface area (Å²) in [6.07, 6.45) is 2.86. The lowest BCUT2D eigenvalue weighted by Crippen LogP contribution is -2.23. The number of nitrogens with one attached hydrogen (secondary N) is 2. The van der Waals surface area contributed by atoms with Crippen LogP contribution in [0.5, 0.6) is 0 Å². The summed E-state index contributed by atoms with van der Waals surface area (Å²) in [5, 5.41) is 6.08. The second kappa shape index (κ2) is 5.80. The van der Waals surface area contributed by atoms with Crippen LogP contribution in [0.4, 0.5) is 10.1 Å². The summed E-state index contributed by atoms with van der Waals surface area (Å²) in [6, 6.07) is 3.61. The Balaban J connectivity index is 1.87. The molecule has 0 spiro atoms. The molecule has 1 aliphatic rings. The van der Waals surface area contributed by atoms with Gasteiger partial charge in [-0.2, -0.15) is 0 Å². The Labute approximate surface area is 114 Å². The minimum Gasteiger partial charge on any atom is -0.326 e. The Kier molecular flexibility index (Phi) is 4.35. The van der Waals surface area contributed by atoms with Crippen molar-refractivity contribution in [1.29, 1.82) is 0 Å². The molecule has 18 heavy (non-hydrogen) atoms. The zero-order valence-electron chi connectivity index (χ0n) is 10.2. The number of carbonyl (C=O) groups excluding carboxylic acids is 1. The zero-order valence-corrected chi connectivity index (χ0v) is 11.8. The summed E-state index contributed by atoms with van der Waals surface area (Å²) < 4.78 is 13.6. The SMILES string of the molecule is Cc1cc(F)c(Br)cc1NC(=O)CCNC1CC1. The van der Waals surface area contributed by atoms with Crippen LogP contribution in [-0.2, 0) is 4.79 Å². The molecule has 98 valence electrons. The quantitative estimate of drug-likeness (QED) is 0.877. The van der Waals surface area contributed by atoms with Gasteiger partial charge in [0.25, 0.3) is 0 Å². The van der Waals surface area contributed by atoms with Gasteiger partial charge in [0.1, 0.15) is 5.82 Å². The van der Waals surface area contributed by atoms with E-state index in [1.54, 1.807) is 13.0 Å². The van der Waals surface area contributed by atoms with Gasteiger partial charge < -0.3 is 10.6 Å². The molecule has 1 aromatic rings. The standard InChI is InChI=1S/C13H16BrFN2O/c1-8-6-11(15)10(14)7-12(8)17-13(18)4-5-16-9-2-3-9/h6-7,9,16H,2-5H2,1H3,(H,17,18). The number of anilines is 1. The smallest absolute Gasteiger partial charge is 0.225 e. The topological polar surface area (TPSA) is 41.1 Å². The van der Waals surface area contributed by atoms with E-state index in [-0.39, 0.29) is 11.7 Å². The third-order valence-corrected chi connectivity index (χ3v) is 3.51. The first-order valence-corrected chi connectivity index (χ1v) is 6.84. The molecule has 0 bridgehead atoms. The number of hydrogen-bond donors (Lipinski definition) is 2. The first-order valence-electron chi connectivity index (χ1n) is 6.05. The summed E-state index contributed by atoms with van der Waals surface area (Å²) in [4.78, 5) is 11.7. The highest BCUT2D eigenvalue weighted by molar-refractivity contribution is 9.10. The van der Waals surface area contributed by atoms with Crippen LogP contribution in [0.3, 0.4) is 0 Å². The molecule has 0 atom stereocenters. The van der Waals surface area contributed by atoms with Gasteiger partial charge >= 0.3 is 0 Å². The van der Waals surface area contributed by atoms with E-state index in [0.717, 1.165) is 5.56 Å². The Morgan fingerprint density at radius 3 is 2.89 bits per heavy atom. The highest BCUT2D eigenvalue weighted by atomic mass is 79.9. The van der Waals surface area contributed by atoms with Crippen molar-refractivity contribution >= 4 is 27.5 Å². The fraction of sp³-hybridized carbons (Fsp3) is 0.462.